The molecule has 2 N–H and O–H groups in total. The average Bonchev–Trinajstić information content (AvgIpc) is 2.85. The number of carbonyl (C=O) groups is 1. The van der Waals surface area contributed by atoms with Crippen molar-refractivity contribution in [3.05, 3.63) is 23.7 Å². The van der Waals surface area contributed by atoms with Crippen LogP contribution in [0.1, 0.15) is 48.9 Å². The van der Waals surface area contributed by atoms with Crippen LogP contribution in [0.5, 0.6) is 0 Å². The lowest BCUT2D eigenvalue weighted by atomic mass is 9.79. The highest BCUT2D eigenvalue weighted by Gasteiger charge is 2.33. The van der Waals surface area contributed by atoms with Gasteiger partial charge in [-0.15, -0.1) is 0 Å². The summed E-state index contributed by atoms with van der Waals surface area (Å²) >= 11 is 1.65. The van der Waals surface area contributed by atoms with Crippen LogP contribution in [0.4, 0.5) is 0 Å². The van der Waals surface area contributed by atoms with Gasteiger partial charge in [-0.25, -0.2) is 0 Å². The van der Waals surface area contributed by atoms with Crippen molar-refractivity contribution in [2.24, 2.45) is 5.92 Å². The zero-order chi connectivity index (χ0) is 14.6. The molecular formula is C15H23NO3S. The Morgan fingerprint density at radius 2 is 2.40 bits per heavy atom. The van der Waals surface area contributed by atoms with E-state index in [0.29, 0.717) is 18.2 Å². The first-order chi connectivity index (χ1) is 9.52. The summed E-state index contributed by atoms with van der Waals surface area (Å²) in [5.41, 5.74) is -0.762. The molecule has 1 aromatic heterocycles. The van der Waals surface area contributed by atoms with Crippen molar-refractivity contribution in [1.29, 1.82) is 0 Å². The summed E-state index contributed by atoms with van der Waals surface area (Å²) in [5, 5.41) is 13.3. The van der Waals surface area contributed by atoms with Crippen LogP contribution in [0.25, 0.3) is 0 Å². The van der Waals surface area contributed by atoms with E-state index in [-0.39, 0.29) is 5.91 Å². The van der Waals surface area contributed by atoms with E-state index in [9.17, 15) is 9.90 Å². The predicted molar refractivity (Wildman–Crippen MR) is 80.8 cm³/mol. The molecule has 1 aliphatic rings. The van der Waals surface area contributed by atoms with Crippen LogP contribution < -0.4 is 5.32 Å². The van der Waals surface area contributed by atoms with Gasteiger partial charge >= 0.3 is 0 Å². The molecule has 1 amide bonds. The molecule has 0 aromatic carbocycles. The van der Waals surface area contributed by atoms with Gasteiger partial charge in [0.15, 0.2) is 5.76 Å². The fraction of sp³-hybridized carbons (Fsp3) is 0.667. The minimum absolute atomic E-state index is 0.246. The second kappa shape index (κ2) is 6.68. The maximum Gasteiger partial charge on any atom is 0.287 e. The van der Waals surface area contributed by atoms with Crippen LogP contribution in [0.15, 0.2) is 16.5 Å². The SMILES string of the molecule is CSCc1ccc(C(=O)NCC2(O)CCCC(C)C2)o1. The predicted octanol–water partition coefficient (Wildman–Crippen LogP) is 2.81. The first-order valence-corrected chi connectivity index (χ1v) is 8.50. The Balaban J connectivity index is 1.87. The fourth-order valence-corrected chi connectivity index (χ4v) is 3.28. The molecule has 0 saturated heterocycles. The lowest BCUT2D eigenvalue weighted by Gasteiger charge is -2.35. The smallest absolute Gasteiger partial charge is 0.287 e. The van der Waals surface area contributed by atoms with Gasteiger partial charge in [-0.05, 0) is 37.1 Å². The second-order valence-electron chi connectivity index (χ2n) is 5.81. The van der Waals surface area contributed by atoms with Gasteiger partial charge < -0.3 is 14.8 Å². The Labute approximate surface area is 124 Å². The van der Waals surface area contributed by atoms with E-state index in [2.05, 4.69) is 12.2 Å². The van der Waals surface area contributed by atoms with Crippen LogP contribution in [-0.4, -0.2) is 29.4 Å². The van der Waals surface area contributed by atoms with Crippen LogP contribution in [0.2, 0.25) is 0 Å². The minimum Gasteiger partial charge on any atom is -0.455 e. The lowest BCUT2D eigenvalue weighted by Crippen LogP contribution is -2.45. The van der Waals surface area contributed by atoms with Crippen molar-refractivity contribution in [2.45, 2.75) is 44.0 Å². The maximum absolute atomic E-state index is 12.0. The normalized spacial score (nSPS) is 26.4. The van der Waals surface area contributed by atoms with Gasteiger partial charge in [0.05, 0.1) is 11.4 Å². The van der Waals surface area contributed by atoms with Gasteiger partial charge in [0.2, 0.25) is 0 Å². The number of nitrogens with one attached hydrogen (secondary N) is 1. The molecule has 112 valence electrons. The van der Waals surface area contributed by atoms with Gasteiger partial charge in [0, 0.05) is 6.54 Å². The zero-order valence-corrected chi connectivity index (χ0v) is 13.0. The third-order valence-corrected chi connectivity index (χ3v) is 4.39. The van der Waals surface area contributed by atoms with Crippen molar-refractivity contribution in [3.8, 4) is 0 Å². The average molecular weight is 297 g/mol. The molecule has 0 bridgehead atoms. The molecule has 1 heterocycles. The first-order valence-electron chi connectivity index (χ1n) is 7.11. The molecule has 1 aliphatic carbocycles. The zero-order valence-electron chi connectivity index (χ0n) is 12.1. The standard InChI is InChI=1S/C15H23NO3S/c1-11-4-3-7-15(18,8-11)10-16-14(17)13-6-5-12(19-13)9-20-2/h5-6,11,18H,3-4,7-10H2,1-2H3,(H,16,17). The van der Waals surface area contributed by atoms with Gasteiger partial charge in [0.25, 0.3) is 5.91 Å². The Morgan fingerprint density at radius 3 is 3.10 bits per heavy atom. The molecule has 4 nitrogen and oxygen atoms in total. The topological polar surface area (TPSA) is 62.5 Å². The summed E-state index contributed by atoms with van der Waals surface area (Å²) in [4.78, 5) is 12.0. The Hall–Kier alpha value is -0.940. The van der Waals surface area contributed by atoms with Crippen molar-refractivity contribution in [1.82, 2.24) is 5.32 Å². The van der Waals surface area contributed by atoms with E-state index < -0.39 is 5.60 Å². The van der Waals surface area contributed by atoms with Gasteiger partial charge in [-0.1, -0.05) is 19.8 Å². The summed E-state index contributed by atoms with van der Waals surface area (Å²) in [6.45, 7) is 2.45. The molecular weight excluding hydrogens is 274 g/mol. The molecule has 1 aromatic rings. The third-order valence-electron chi connectivity index (χ3n) is 3.82. The van der Waals surface area contributed by atoms with E-state index in [1.54, 1.807) is 17.8 Å². The van der Waals surface area contributed by atoms with Gasteiger partial charge in [0.1, 0.15) is 5.76 Å². The fourth-order valence-electron chi connectivity index (χ4n) is 2.84. The molecule has 0 radical (unpaired) electrons. The van der Waals surface area contributed by atoms with E-state index >= 15 is 0 Å². The monoisotopic (exact) mass is 297 g/mol. The van der Waals surface area contributed by atoms with Crippen LogP contribution in [0.3, 0.4) is 0 Å². The highest BCUT2D eigenvalue weighted by atomic mass is 32.2. The minimum atomic E-state index is -0.762. The summed E-state index contributed by atoms with van der Waals surface area (Å²) in [6, 6.07) is 3.51. The van der Waals surface area contributed by atoms with Crippen LogP contribution in [0, 0.1) is 5.92 Å². The number of carbonyl (C=O) groups excluding carboxylic acids is 1. The largest absolute Gasteiger partial charge is 0.455 e. The quantitative estimate of drug-likeness (QED) is 0.877. The molecule has 20 heavy (non-hydrogen) atoms. The summed E-state index contributed by atoms with van der Waals surface area (Å²) in [5.74, 6) is 2.15. The van der Waals surface area contributed by atoms with E-state index in [0.717, 1.165) is 37.2 Å². The molecule has 1 saturated carbocycles. The number of hydrogen-bond donors (Lipinski definition) is 2. The number of hydrogen-bond acceptors (Lipinski definition) is 4. The van der Waals surface area contributed by atoms with Crippen molar-refractivity contribution >= 4 is 17.7 Å². The first kappa shape index (κ1) is 15.4. The number of amides is 1. The highest BCUT2D eigenvalue weighted by Crippen LogP contribution is 2.31. The highest BCUT2D eigenvalue weighted by molar-refractivity contribution is 7.97. The van der Waals surface area contributed by atoms with Crippen molar-refractivity contribution in [3.63, 3.8) is 0 Å². The summed E-state index contributed by atoms with van der Waals surface area (Å²) in [7, 11) is 0. The Morgan fingerprint density at radius 1 is 1.60 bits per heavy atom. The van der Waals surface area contributed by atoms with Gasteiger partial charge in [-0.3, -0.25) is 4.79 Å². The number of aliphatic hydroxyl groups is 1. The number of thioether (sulfide) groups is 1. The molecule has 5 heteroatoms. The third kappa shape index (κ3) is 4.03. The maximum atomic E-state index is 12.0. The number of furan rings is 1. The Bertz CT molecular complexity index is 460. The van der Waals surface area contributed by atoms with Crippen molar-refractivity contribution < 1.29 is 14.3 Å². The van der Waals surface area contributed by atoms with E-state index in [1.165, 1.54) is 0 Å². The van der Waals surface area contributed by atoms with Crippen LogP contribution in [-0.2, 0) is 5.75 Å². The molecule has 0 aliphatic heterocycles. The molecule has 0 spiro atoms. The summed E-state index contributed by atoms with van der Waals surface area (Å²) < 4.78 is 5.47. The lowest BCUT2D eigenvalue weighted by molar-refractivity contribution is -0.0111. The van der Waals surface area contributed by atoms with E-state index in [1.807, 2.05) is 12.3 Å². The number of rotatable bonds is 5. The Kier molecular flexibility index (Phi) is 5.16. The molecule has 2 atom stereocenters. The van der Waals surface area contributed by atoms with E-state index in [4.69, 9.17) is 4.42 Å². The van der Waals surface area contributed by atoms with Crippen LogP contribution >= 0.6 is 11.8 Å². The summed E-state index contributed by atoms with van der Waals surface area (Å²) in [6.07, 6.45) is 5.68. The van der Waals surface area contributed by atoms with Gasteiger partial charge in [-0.2, -0.15) is 11.8 Å². The molecule has 1 fully saturated rings. The second-order valence-corrected chi connectivity index (χ2v) is 6.67. The van der Waals surface area contributed by atoms with Crippen molar-refractivity contribution in [2.75, 3.05) is 12.8 Å². The molecule has 2 unspecified atom stereocenters. The molecule has 2 rings (SSSR count).